The van der Waals surface area contributed by atoms with E-state index in [1.807, 2.05) is 13.1 Å². The summed E-state index contributed by atoms with van der Waals surface area (Å²) in [5, 5.41) is 12.7. The number of benzene rings is 1. The summed E-state index contributed by atoms with van der Waals surface area (Å²) in [5.74, 6) is 0.644. The molecule has 0 saturated carbocycles. The molecule has 3 heteroatoms. The Labute approximate surface area is 117 Å². The monoisotopic (exact) mass is 259 g/mol. The highest BCUT2D eigenvalue weighted by molar-refractivity contribution is 5.60. The molecular formula is C16H25N3. The number of hydrogen-bond acceptors (Lipinski definition) is 3. The van der Waals surface area contributed by atoms with E-state index in [0.717, 1.165) is 37.3 Å². The van der Waals surface area contributed by atoms with Crippen molar-refractivity contribution in [2.24, 2.45) is 5.92 Å². The van der Waals surface area contributed by atoms with Gasteiger partial charge in [-0.15, -0.1) is 0 Å². The van der Waals surface area contributed by atoms with Gasteiger partial charge in [-0.1, -0.05) is 26.8 Å². The van der Waals surface area contributed by atoms with Crippen molar-refractivity contribution < 1.29 is 0 Å². The average Bonchev–Trinajstić information content (AvgIpc) is 2.38. The fourth-order valence-corrected chi connectivity index (χ4v) is 2.08. The molecule has 3 nitrogen and oxygen atoms in total. The van der Waals surface area contributed by atoms with E-state index >= 15 is 0 Å². The molecule has 0 aliphatic rings. The predicted octanol–water partition coefficient (Wildman–Crippen LogP) is 3.15. The van der Waals surface area contributed by atoms with Gasteiger partial charge in [0.05, 0.1) is 11.3 Å². The number of hydrogen-bond donors (Lipinski definition) is 1. The van der Waals surface area contributed by atoms with Crippen molar-refractivity contribution in [3.63, 3.8) is 0 Å². The summed E-state index contributed by atoms with van der Waals surface area (Å²) < 4.78 is 0. The average molecular weight is 259 g/mol. The van der Waals surface area contributed by atoms with Gasteiger partial charge in [0.2, 0.25) is 0 Å². The zero-order valence-corrected chi connectivity index (χ0v) is 12.5. The molecule has 1 rings (SSSR count). The minimum absolute atomic E-state index is 0.644. The number of nitrogens with one attached hydrogen (secondary N) is 1. The Morgan fingerprint density at radius 2 is 2.11 bits per heavy atom. The van der Waals surface area contributed by atoms with E-state index in [9.17, 15) is 5.26 Å². The fourth-order valence-electron chi connectivity index (χ4n) is 2.08. The third kappa shape index (κ3) is 4.92. The van der Waals surface area contributed by atoms with Crippen LogP contribution in [0.4, 0.5) is 5.69 Å². The largest absolute Gasteiger partial charge is 0.374 e. The SMILES string of the molecule is CCCN(C)c1ccc(CNCC(C)C)cc1C#N. The van der Waals surface area contributed by atoms with E-state index in [1.165, 1.54) is 5.56 Å². The van der Waals surface area contributed by atoms with E-state index in [4.69, 9.17) is 0 Å². The second-order valence-corrected chi connectivity index (χ2v) is 5.41. The zero-order chi connectivity index (χ0) is 14.3. The Bertz CT molecular complexity index is 432. The van der Waals surface area contributed by atoms with E-state index in [2.05, 4.69) is 49.2 Å². The van der Waals surface area contributed by atoms with Gasteiger partial charge in [0.15, 0.2) is 0 Å². The third-order valence-corrected chi connectivity index (χ3v) is 3.03. The van der Waals surface area contributed by atoms with Crippen LogP contribution in [0.15, 0.2) is 18.2 Å². The van der Waals surface area contributed by atoms with Crippen LogP contribution in [0.3, 0.4) is 0 Å². The minimum atomic E-state index is 0.644. The Hall–Kier alpha value is -1.53. The summed E-state index contributed by atoms with van der Waals surface area (Å²) >= 11 is 0. The highest BCUT2D eigenvalue weighted by Crippen LogP contribution is 2.20. The summed E-state index contributed by atoms with van der Waals surface area (Å²) in [4.78, 5) is 2.14. The summed E-state index contributed by atoms with van der Waals surface area (Å²) in [6.45, 7) is 9.32. The standard InChI is InChI=1S/C16H25N3/c1-5-8-19(4)16-7-6-14(9-15(16)10-17)12-18-11-13(2)3/h6-7,9,13,18H,5,8,11-12H2,1-4H3. The summed E-state index contributed by atoms with van der Waals surface area (Å²) in [6, 6.07) is 8.46. The maximum Gasteiger partial charge on any atom is 0.101 e. The lowest BCUT2D eigenvalue weighted by molar-refractivity contribution is 0.552. The quantitative estimate of drug-likeness (QED) is 0.817. The lowest BCUT2D eigenvalue weighted by Crippen LogP contribution is -2.20. The van der Waals surface area contributed by atoms with Crippen LogP contribution in [-0.2, 0) is 6.54 Å². The van der Waals surface area contributed by atoms with Gasteiger partial charge in [-0.3, -0.25) is 0 Å². The van der Waals surface area contributed by atoms with E-state index in [0.29, 0.717) is 5.92 Å². The molecule has 0 fully saturated rings. The molecule has 104 valence electrons. The first-order chi connectivity index (χ1) is 9.08. The van der Waals surface area contributed by atoms with Crippen LogP contribution in [0.25, 0.3) is 0 Å². The normalized spacial score (nSPS) is 10.5. The van der Waals surface area contributed by atoms with Crippen molar-refractivity contribution in [3.05, 3.63) is 29.3 Å². The molecule has 0 bridgehead atoms. The predicted molar refractivity (Wildman–Crippen MR) is 81.3 cm³/mol. The second-order valence-electron chi connectivity index (χ2n) is 5.41. The van der Waals surface area contributed by atoms with Gasteiger partial charge in [0, 0.05) is 20.1 Å². The van der Waals surface area contributed by atoms with Gasteiger partial charge in [-0.25, -0.2) is 0 Å². The van der Waals surface area contributed by atoms with Gasteiger partial charge in [-0.05, 0) is 36.6 Å². The maximum absolute atomic E-state index is 9.28. The highest BCUT2D eigenvalue weighted by Gasteiger charge is 2.07. The first kappa shape index (κ1) is 15.5. The second kappa shape index (κ2) is 7.81. The molecule has 1 N–H and O–H groups in total. The van der Waals surface area contributed by atoms with Gasteiger partial charge in [0.1, 0.15) is 6.07 Å². The molecule has 19 heavy (non-hydrogen) atoms. The summed E-state index contributed by atoms with van der Waals surface area (Å²) in [6.07, 6.45) is 1.08. The number of anilines is 1. The van der Waals surface area contributed by atoms with Gasteiger partial charge < -0.3 is 10.2 Å². The van der Waals surface area contributed by atoms with Gasteiger partial charge in [0.25, 0.3) is 0 Å². The Morgan fingerprint density at radius 1 is 1.37 bits per heavy atom. The molecule has 0 spiro atoms. The molecular weight excluding hydrogens is 234 g/mol. The van der Waals surface area contributed by atoms with Gasteiger partial charge in [-0.2, -0.15) is 5.26 Å². The van der Waals surface area contributed by atoms with Crippen LogP contribution < -0.4 is 10.2 Å². The number of nitrogens with zero attached hydrogens (tertiary/aromatic N) is 2. The molecule has 1 aromatic carbocycles. The highest BCUT2D eigenvalue weighted by atomic mass is 15.1. The fraction of sp³-hybridized carbons (Fsp3) is 0.562. The van der Waals surface area contributed by atoms with Crippen molar-refractivity contribution in [2.75, 3.05) is 25.0 Å². The number of nitriles is 1. The first-order valence-corrected chi connectivity index (χ1v) is 7.03. The van der Waals surface area contributed by atoms with Gasteiger partial charge >= 0.3 is 0 Å². The van der Waals surface area contributed by atoms with Crippen LogP contribution in [0, 0.1) is 17.2 Å². The van der Waals surface area contributed by atoms with Crippen molar-refractivity contribution in [1.82, 2.24) is 5.32 Å². The Kier molecular flexibility index (Phi) is 6.38. The van der Waals surface area contributed by atoms with Crippen LogP contribution in [0.1, 0.15) is 38.3 Å². The molecule has 0 saturated heterocycles. The van der Waals surface area contributed by atoms with E-state index < -0.39 is 0 Å². The van der Waals surface area contributed by atoms with E-state index in [1.54, 1.807) is 0 Å². The molecule has 0 aromatic heterocycles. The first-order valence-electron chi connectivity index (χ1n) is 7.03. The lowest BCUT2D eigenvalue weighted by atomic mass is 10.1. The lowest BCUT2D eigenvalue weighted by Gasteiger charge is -2.20. The molecule has 0 aliphatic heterocycles. The third-order valence-electron chi connectivity index (χ3n) is 3.03. The topological polar surface area (TPSA) is 39.1 Å². The molecule has 1 aromatic rings. The molecule has 0 heterocycles. The van der Waals surface area contributed by atoms with Crippen molar-refractivity contribution >= 4 is 5.69 Å². The molecule has 0 radical (unpaired) electrons. The van der Waals surface area contributed by atoms with Crippen LogP contribution in [0.5, 0.6) is 0 Å². The minimum Gasteiger partial charge on any atom is -0.374 e. The molecule has 0 unspecified atom stereocenters. The zero-order valence-electron chi connectivity index (χ0n) is 12.5. The summed E-state index contributed by atoms with van der Waals surface area (Å²) in [5.41, 5.74) is 2.96. The van der Waals surface area contributed by atoms with Crippen LogP contribution in [0.2, 0.25) is 0 Å². The maximum atomic E-state index is 9.28. The van der Waals surface area contributed by atoms with Crippen LogP contribution >= 0.6 is 0 Å². The molecule has 0 amide bonds. The van der Waals surface area contributed by atoms with Crippen molar-refractivity contribution in [3.8, 4) is 6.07 Å². The molecule has 0 atom stereocenters. The van der Waals surface area contributed by atoms with E-state index in [-0.39, 0.29) is 0 Å². The Morgan fingerprint density at radius 3 is 2.68 bits per heavy atom. The number of rotatable bonds is 7. The van der Waals surface area contributed by atoms with Crippen molar-refractivity contribution in [1.29, 1.82) is 5.26 Å². The Balaban J connectivity index is 2.76. The molecule has 0 aliphatic carbocycles. The van der Waals surface area contributed by atoms with Crippen molar-refractivity contribution in [2.45, 2.75) is 33.7 Å². The van der Waals surface area contributed by atoms with Crippen LogP contribution in [-0.4, -0.2) is 20.1 Å². The smallest absolute Gasteiger partial charge is 0.101 e. The summed E-state index contributed by atoms with van der Waals surface area (Å²) in [7, 11) is 2.04.